The van der Waals surface area contributed by atoms with Crippen LogP contribution in [0.15, 0.2) is 42.7 Å². The molecule has 28 heavy (non-hydrogen) atoms. The van der Waals surface area contributed by atoms with E-state index in [4.69, 9.17) is 4.98 Å². The first-order valence-corrected chi connectivity index (χ1v) is 9.51. The summed E-state index contributed by atoms with van der Waals surface area (Å²) in [5.74, 6) is 1.28. The number of aromatic nitrogens is 5. The Morgan fingerprint density at radius 3 is 2.57 bits per heavy atom. The number of hydrogen-bond acceptors (Lipinski definition) is 5. The van der Waals surface area contributed by atoms with Crippen molar-refractivity contribution in [1.82, 2.24) is 24.8 Å². The van der Waals surface area contributed by atoms with Crippen LogP contribution in [0.3, 0.4) is 0 Å². The van der Waals surface area contributed by atoms with Crippen molar-refractivity contribution in [3.05, 3.63) is 65.1 Å². The van der Waals surface area contributed by atoms with E-state index >= 15 is 0 Å². The van der Waals surface area contributed by atoms with Gasteiger partial charge in [0.1, 0.15) is 11.5 Å². The molecule has 0 radical (unpaired) electrons. The minimum Gasteiger partial charge on any atom is -0.348 e. The van der Waals surface area contributed by atoms with Gasteiger partial charge in [-0.2, -0.15) is 10.2 Å². The van der Waals surface area contributed by atoms with Crippen molar-refractivity contribution in [2.75, 3.05) is 4.90 Å². The third kappa shape index (κ3) is 2.29. The van der Waals surface area contributed by atoms with E-state index in [0.717, 1.165) is 60.5 Å². The molecule has 0 bridgehead atoms. The summed E-state index contributed by atoms with van der Waals surface area (Å²) in [4.78, 5) is 18.9. The molecular formula is C21H18N6O. The number of fused-ring (bicyclic) bond motifs is 2. The quantitative estimate of drug-likeness (QED) is 0.558. The molecule has 138 valence electrons. The monoisotopic (exact) mass is 370 g/mol. The zero-order valence-corrected chi connectivity index (χ0v) is 15.2. The Labute approximate surface area is 161 Å². The van der Waals surface area contributed by atoms with Crippen LogP contribution in [0.4, 0.5) is 5.82 Å². The van der Waals surface area contributed by atoms with Gasteiger partial charge in [-0.25, -0.2) is 9.50 Å². The second kappa shape index (κ2) is 5.76. The minimum atomic E-state index is 0.383. The normalized spacial score (nSPS) is 15.9. The van der Waals surface area contributed by atoms with Crippen molar-refractivity contribution in [2.45, 2.75) is 31.8 Å². The Hall–Kier alpha value is -3.48. The summed E-state index contributed by atoms with van der Waals surface area (Å²) in [6, 6.07) is 10.5. The summed E-state index contributed by atoms with van der Waals surface area (Å²) < 4.78 is 1.80. The maximum absolute atomic E-state index is 11.7. The predicted molar refractivity (Wildman–Crippen MR) is 104 cm³/mol. The molecule has 7 heteroatoms. The van der Waals surface area contributed by atoms with Crippen molar-refractivity contribution in [3.63, 3.8) is 0 Å². The Bertz CT molecular complexity index is 1180. The Kier molecular flexibility index (Phi) is 3.20. The van der Waals surface area contributed by atoms with Crippen LogP contribution in [0.5, 0.6) is 0 Å². The zero-order chi connectivity index (χ0) is 18.7. The number of carbonyl (C=O) groups is 1. The van der Waals surface area contributed by atoms with Crippen LogP contribution in [0.1, 0.15) is 45.9 Å². The molecule has 1 aliphatic carbocycles. The fourth-order valence-corrected chi connectivity index (χ4v) is 4.14. The molecule has 1 saturated carbocycles. The third-order valence-corrected chi connectivity index (χ3v) is 5.70. The predicted octanol–water partition coefficient (Wildman–Crippen LogP) is 3.33. The van der Waals surface area contributed by atoms with Gasteiger partial charge in [-0.05, 0) is 29.9 Å². The highest BCUT2D eigenvalue weighted by atomic mass is 16.1. The summed E-state index contributed by atoms with van der Waals surface area (Å²) in [5.41, 5.74) is 6.75. The highest BCUT2D eigenvalue weighted by Crippen LogP contribution is 2.44. The van der Waals surface area contributed by atoms with Crippen molar-refractivity contribution >= 4 is 17.8 Å². The van der Waals surface area contributed by atoms with Crippen LogP contribution in [0.2, 0.25) is 0 Å². The van der Waals surface area contributed by atoms with Gasteiger partial charge in [0.2, 0.25) is 0 Å². The molecule has 7 nitrogen and oxygen atoms in total. The van der Waals surface area contributed by atoms with Gasteiger partial charge in [-0.3, -0.25) is 9.89 Å². The summed E-state index contributed by atoms with van der Waals surface area (Å²) in [5, 5.41) is 11.5. The number of benzene rings is 1. The lowest BCUT2D eigenvalue weighted by atomic mass is 10.1. The Morgan fingerprint density at radius 2 is 1.93 bits per heavy atom. The molecule has 1 fully saturated rings. The molecule has 0 amide bonds. The number of carbonyl (C=O) groups excluding carboxylic acids is 1. The van der Waals surface area contributed by atoms with Crippen LogP contribution in [-0.2, 0) is 13.1 Å². The molecule has 3 aromatic heterocycles. The summed E-state index contributed by atoms with van der Waals surface area (Å²) in [6.07, 6.45) is 6.65. The maximum atomic E-state index is 11.7. The van der Waals surface area contributed by atoms with E-state index in [2.05, 4.69) is 44.5 Å². The van der Waals surface area contributed by atoms with Gasteiger partial charge in [-0.15, -0.1) is 0 Å². The minimum absolute atomic E-state index is 0.383. The molecule has 0 unspecified atom stereocenters. The molecule has 0 spiro atoms. The van der Waals surface area contributed by atoms with Gasteiger partial charge in [-0.1, -0.05) is 24.3 Å². The highest BCUT2D eigenvalue weighted by molar-refractivity contribution is 5.81. The van der Waals surface area contributed by atoms with Crippen molar-refractivity contribution in [3.8, 4) is 11.3 Å². The second-order valence-corrected chi connectivity index (χ2v) is 7.54. The van der Waals surface area contributed by atoms with Gasteiger partial charge < -0.3 is 4.90 Å². The highest BCUT2D eigenvalue weighted by Gasteiger charge is 2.32. The molecule has 0 atom stereocenters. The molecule has 1 aliphatic heterocycles. The summed E-state index contributed by atoms with van der Waals surface area (Å²) >= 11 is 0. The standard InChI is InChI=1S/C21H18N6O/c28-12-17-20(13-5-6-13)21-24-19(26-10-14-3-1-2-4-15(14)11-26)7-18(27(21)25-17)16-8-22-23-9-16/h1-4,7-9,12-13H,5-6,10-11H2,(H,22,23). The van der Waals surface area contributed by atoms with Crippen molar-refractivity contribution < 1.29 is 4.79 Å². The number of nitrogens with one attached hydrogen (secondary N) is 1. The lowest BCUT2D eigenvalue weighted by molar-refractivity contribution is 0.111. The van der Waals surface area contributed by atoms with Gasteiger partial charge in [0.25, 0.3) is 0 Å². The molecule has 4 aromatic rings. The van der Waals surface area contributed by atoms with E-state index in [1.54, 1.807) is 10.7 Å². The van der Waals surface area contributed by atoms with Gasteiger partial charge in [0.05, 0.1) is 11.9 Å². The number of rotatable bonds is 4. The van der Waals surface area contributed by atoms with E-state index in [0.29, 0.717) is 11.6 Å². The summed E-state index contributed by atoms with van der Waals surface area (Å²) in [7, 11) is 0. The van der Waals surface area contributed by atoms with Gasteiger partial charge in [0.15, 0.2) is 11.9 Å². The van der Waals surface area contributed by atoms with E-state index in [1.807, 2.05) is 12.3 Å². The summed E-state index contributed by atoms with van der Waals surface area (Å²) in [6.45, 7) is 1.66. The first-order chi connectivity index (χ1) is 13.8. The largest absolute Gasteiger partial charge is 0.348 e. The second-order valence-electron chi connectivity index (χ2n) is 7.54. The van der Waals surface area contributed by atoms with E-state index in [9.17, 15) is 4.79 Å². The number of H-pyrrole nitrogens is 1. The SMILES string of the molecule is O=Cc1nn2c(-c3cn[nH]c3)cc(N3Cc4ccccc4C3)nc2c1C1CC1. The van der Waals surface area contributed by atoms with E-state index in [1.165, 1.54) is 11.1 Å². The smallest absolute Gasteiger partial charge is 0.170 e. The van der Waals surface area contributed by atoms with Gasteiger partial charge >= 0.3 is 0 Å². The number of anilines is 1. The first kappa shape index (κ1) is 15.6. The maximum Gasteiger partial charge on any atom is 0.170 e. The number of hydrogen-bond donors (Lipinski definition) is 1. The van der Waals surface area contributed by atoms with Crippen molar-refractivity contribution in [2.24, 2.45) is 0 Å². The zero-order valence-electron chi connectivity index (χ0n) is 15.2. The number of nitrogens with zero attached hydrogens (tertiary/aromatic N) is 5. The number of aromatic amines is 1. The molecule has 6 rings (SSSR count). The third-order valence-electron chi connectivity index (χ3n) is 5.70. The van der Waals surface area contributed by atoms with Crippen molar-refractivity contribution in [1.29, 1.82) is 0 Å². The van der Waals surface area contributed by atoms with Crippen LogP contribution >= 0.6 is 0 Å². The molecule has 1 N–H and O–H groups in total. The van der Waals surface area contributed by atoms with Gasteiger partial charge in [0, 0.05) is 36.5 Å². The lowest BCUT2D eigenvalue weighted by Gasteiger charge is -2.18. The fourth-order valence-electron chi connectivity index (χ4n) is 4.14. The average Bonchev–Trinajstić information content (AvgIpc) is 3.14. The topological polar surface area (TPSA) is 79.2 Å². The van der Waals surface area contributed by atoms with Crippen LogP contribution < -0.4 is 4.90 Å². The van der Waals surface area contributed by atoms with E-state index in [-0.39, 0.29) is 0 Å². The number of aldehydes is 1. The Morgan fingerprint density at radius 1 is 1.14 bits per heavy atom. The van der Waals surface area contributed by atoms with Crippen LogP contribution in [0.25, 0.3) is 16.9 Å². The molecule has 4 heterocycles. The van der Waals surface area contributed by atoms with Crippen LogP contribution in [-0.4, -0.2) is 31.1 Å². The molecular weight excluding hydrogens is 352 g/mol. The van der Waals surface area contributed by atoms with E-state index < -0.39 is 0 Å². The average molecular weight is 370 g/mol. The van der Waals surface area contributed by atoms with Crippen LogP contribution in [0, 0.1) is 0 Å². The molecule has 1 aromatic carbocycles. The first-order valence-electron chi connectivity index (χ1n) is 9.51. The molecule has 0 saturated heterocycles. The molecule has 2 aliphatic rings. The fraction of sp³-hybridized carbons (Fsp3) is 0.238. The lowest BCUT2D eigenvalue weighted by Crippen LogP contribution is -2.17. The Balaban J connectivity index is 1.56.